The Kier molecular flexibility index (Phi) is 4.82. The second-order valence-electron chi connectivity index (χ2n) is 5.55. The summed E-state index contributed by atoms with van der Waals surface area (Å²) in [5.41, 5.74) is 3.13. The minimum atomic E-state index is -0.984. The number of amides is 2. The number of hydrogen-bond acceptors (Lipinski definition) is 7. The van der Waals surface area contributed by atoms with E-state index in [1.807, 2.05) is 6.07 Å². The van der Waals surface area contributed by atoms with E-state index in [1.165, 1.54) is 6.92 Å². The van der Waals surface area contributed by atoms with Gasteiger partial charge in [0.05, 0.1) is 0 Å². The first-order valence-corrected chi connectivity index (χ1v) is 7.75. The first-order valence-electron chi connectivity index (χ1n) is 7.75. The number of fused-ring (bicyclic) bond motifs is 1. The van der Waals surface area contributed by atoms with Crippen molar-refractivity contribution < 1.29 is 28.6 Å². The lowest BCUT2D eigenvalue weighted by Gasteiger charge is -2.16. The van der Waals surface area contributed by atoms with Crippen molar-refractivity contribution >= 4 is 23.5 Å². The number of ether oxygens (including phenoxy) is 3. The first-order chi connectivity index (χ1) is 12.0. The molecule has 0 saturated carbocycles. The molecule has 0 radical (unpaired) electrons. The van der Waals surface area contributed by atoms with Crippen LogP contribution in [0.5, 0.6) is 11.5 Å². The number of hydrogen-bond donors (Lipinski definition) is 2. The summed E-state index contributed by atoms with van der Waals surface area (Å²) in [6.07, 6.45) is -0.628. The van der Waals surface area contributed by atoms with Gasteiger partial charge in [0.15, 0.2) is 17.6 Å². The van der Waals surface area contributed by atoms with Gasteiger partial charge in [0.2, 0.25) is 12.7 Å². The first kappa shape index (κ1) is 16.7. The Bertz CT molecular complexity index is 745. The van der Waals surface area contributed by atoms with Crippen LogP contribution in [0.15, 0.2) is 23.3 Å². The molecule has 1 atom stereocenters. The summed E-state index contributed by atoms with van der Waals surface area (Å²) in [7, 11) is 0. The SMILES string of the molecule is C[C@H](OC(=O)C1=NNC(=O)CC1)C(=O)NCc1ccc2c(c1)OCO2. The van der Waals surface area contributed by atoms with Gasteiger partial charge in [0.25, 0.3) is 5.91 Å². The highest BCUT2D eigenvalue weighted by Gasteiger charge is 2.24. The van der Waals surface area contributed by atoms with Crippen molar-refractivity contribution in [2.24, 2.45) is 5.10 Å². The van der Waals surface area contributed by atoms with Gasteiger partial charge < -0.3 is 19.5 Å². The lowest BCUT2D eigenvalue weighted by molar-refractivity contribution is -0.148. The van der Waals surface area contributed by atoms with Crippen molar-refractivity contribution in [1.29, 1.82) is 0 Å². The number of esters is 1. The fourth-order valence-electron chi connectivity index (χ4n) is 2.29. The Morgan fingerprint density at radius 3 is 2.88 bits per heavy atom. The van der Waals surface area contributed by atoms with Crippen molar-refractivity contribution in [2.45, 2.75) is 32.4 Å². The van der Waals surface area contributed by atoms with E-state index in [4.69, 9.17) is 14.2 Å². The molecule has 1 aromatic carbocycles. The molecule has 2 aliphatic rings. The maximum absolute atomic E-state index is 12.1. The van der Waals surface area contributed by atoms with Gasteiger partial charge in [-0.05, 0) is 24.6 Å². The predicted octanol–water partition coefficient (Wildman–Crippen LogP) is 0.229. The third-order valence-corrected chi connectivity index (χ3v) is 3.70. The zero-order valence-electron chi connectivity index (χ0n) is 13.5. The monoisotopic (exact) mass is 347 g/mol. The lowest BCUT2D eigenvalue weighted by atomic mass is 10.2. The molecule has 0 bridgehead atoms. The summed E-state index contributed by atoms with van der Waals surface area (Å²) in [5.74, 6) is -0.121. The molecule has 9 heteroatoms. The molecule has 2 heterocycles. The smallest absolute Gasteiger partial charge is 0.355 e. The standard InChI is InChI=1S/C16H17N3O6/c1-9(25-16(22)11-3-5-14(20)19-18-11)15(21)17-7-10-2-4-12-13(6-10)24-8-23-12/h2,4,6,9H,3,5,7-8H2,1H3,(H,17,21)(H,19,20)/t9-/m0/s1. The van der Waals surface area contributed by atoms with E-state index >= 15 is 0 Å². The Morgan fingerprint density at radius 1 is 1.32 bits per heavy atom. The second-order valence-corrected chi connectivity index (χ2v) is 5.55. The molecule has 0 spiro atoms. The van der Waals surface area contributed by atoms with Gasteiger partial charge in [-0.3, -0.25) is 9.59 Å². The van der Waals surface area contributed by atoms with Crippen LogP contribution >= 0.6 is 0 Å². The quantitative estimate of drug-likeness (QED) is 0.737. The molecule has 0 fully saturated rings. The Labute approximate surface area is 143 Å². The summed E-state index contributed by atoms with van der Waals surface area (Å²) < 4.78 is 15.6. The van der Waals surface area contributed by atoms with Crippen LogP contribution in [0.2, 0.25) is 0 Å². The second kappa shape index (κ2) is 7.20. The predicted molar refractivity (Wildman–Crippen MR) is 84.8 cm³/mol. The topological polar surface area (TPSA) is 115 Å². The molecule has 1 aromatic rings. The van der Waals surface area contributed by atoms with E-state index in [1.54, 1.807) is 12.1 Å². The Balaban J connectivity index is 1.49. The van der Waals surface area contributed by atoms with Crippen molar-refractivity contribution in [3.05, 3.63) is 23.8 Å². The molecule has 0 unspecified atom stereocenters. The zero-order valence-corrected chi connectivity index (χ0v) is 13.5. The average molecular weight is 347 g/mol. The molecule has 9 nitrogen and oxygen atoms in total. The maximum atomic E-state index is 12.1. The highest BCUT2D eigenvalue weighted by atomic mass is 16.7. The van der Waals surface area contributed by atoms with E-state index < -0.39 is 18.0 Å². The summed E-state index contributed by atoms with van der Waals surface area (Å²) >= 11 is 0. The average Bonchev–Trinajstić information content (AvgIpc) is 3.07. The van der Waals surface area contributed by atoms with E-state index in [2.05, 4.69) is 15.8 Å². The van der Waals surface area contributed by atoms with E-state index in [0.29, 0.717) is 11.5 Å². The zero-order chi connectivity index (χ0) is 17.8. The van der Waals surface area contributed by atoms with E-state index in [9.17, 15) is 14.4 Å². The van der Waals surface area contributed by atoms with E-state index in [-0.39, 0.29) is 37.8 Å². The molecule has 3 rings (SSSR count). The van der Waals surface area contributed by atoms with Crippen LogP contribution in [0, 0.1) is 0 Å². The van der Waals surface area contributed by atoms with Crippen LogP contribution in [-0.2, 0) is 25.7 Å². The molecule has 2 aliphatic heterocycles. The minimum Gasteiger partial charge on any atom is -0.454 e. The number of benzene rings is 1. The highest BCUT2D eigenvalue weighted by molar-refractivity contribution is 6.37. The van der Waals surface area contributed by atoms with Gasteiger partial charge in [-0.1, -0.05) is 6.07 Å². The van der Waals surface area contributed by atoms with E-state index in [0.717, 1.165) is 5.56 Å². The Morgan fingerprint density at radius 2 is 2.12 bits per heavy atom. The molecule has 0 saturated heterocycles. The van der Waals surface area contributed by atoms with Crippen LogP contribution < -0.4 is 20.2 Å². The van der Waals surface area contributed by atoms with Gasteiger partial charge in [0.1, 0.15) is 5.71 Å². The minimum absolute atomic E-state index is 0.0926. The normalized spacial score (nSPS) is 16.5. The highest BCUT2D eigenvalue weighted by Crippen LogP contribution is 2.32. The number of nitrogens with zero attached hydrogens (tertiary/aromatic N) is 1. The lowest BCUT2D eigenvalue weighted by Crippen LogP contribution is -2.38. The van der Waals surface area contributed by atoms with Crippen molar-refractivity contribution in [2.75, 3.05) is 6.79 Å². The van der Waals surface area contributed by atoms with Crippen LogP contribution in [0.1, 0.15) is 25.3 Å². The number of rotatable bonds is 5. The van der Waals surface area contributed by atoms with Gasteiger partial charge in [0, 0.05) is 19.4 Å². The number of nitrogens with one attached hydrogen (secondary N) is 2. The fraction of sp³-hybridized carbons (Fsp3) is 0.375. The number of carbonyl (C=O) groups is 3. The summed E-state index contributed by atoms with van der Waals surface area (Å²) in [4.78, 5) is 35.0. The Hall–Kier alpha value is -3.10. The maximum Gasteiger partial charge on any atom is 0.355 e. The third-order valence-electron chi connectivity index (χ3n) is 3.70. The van der Waals surface area contributed by atoms with Crippen molar-refractivity contribution in [1.82, 2.24) is 10.7 Å². The molecule has 132 valence electrons. The number of carbonyl (C=O) groups excluding carboxylic acids is 3. The molecule has 2 amide bonds. The van der Waals surface area contributed by atoms with Gasteiger partial charge in [-0.2, -0.15) is 5.10 Å². The molecule has 25 heavy (non-hydrogen) atoms. The van der Waals surface area contributed by atoms with Crippen molar-refractivity contribution in [3.8, 4) is 11.5 Å². The van der Waals surface area contributed by atoms with Gasteiger partial charge in [-0.25, -0.2) is 10.2 Å². The third kappa shape index (κ3) is 4.06. The molecule has 0 aromatic heterocycles. The number of hydrazone groups is 1. The fourth-order valence-corrected chi connectivity index (χ4v) is 2.29. The van der Waals surface area contributed by atoms with Gasteiger partial charge >= 0.3 is 5.97 Å². The molecular weight excluding hydrogens is 330 g/mol. The molecule has 0 aliphatic carbocycles. The summed E-state index contributed by atoms with van der Waals surface area (Å²) in [5, 5.41) is 6.32. The summed E-state index contributed by atoms with van der Waals surface area (Å²) in [6, 6.07) is 5.35. The van der Waals surface area contributed by atoms with Gasteiger partial charge in [-0.15, -0.1) is 0 Å². The van der Waals surface area contributed by atoms with Crippen LogP contribution in [0.3, 0.4) is 0 Å². The molecule has 2 N–H and O–H groups in total. The van der Waals surface area contributed by atoms with Crippen LogP contribution in [0.4, 0.5) is 0 Å². The van der Waals surface area contributed by atoms with Crippen LogP contribution in [-0.4, -0.2) is 36.4 Å². The van der Waals surface area contributed by atoms with Crippen molar-refractivity contribution in [3.63, 3.8) is 0 Å². The largest absolute Gasteiger partial charge is 0.454 e. The summed E-state index contributed by atoms with van der Waals surface area (Å²) in [6.45, 7) is 1.91. The van der Waals surface area contributed by atoms with Crippen LogP contribution in [0.25, 0.3) is 0 Å². The molecular formula is C16H17N3O6.